The number of anilines is 1. The topological polar surface area (TPSA) is 37.4 Å². The van der Waals surface area contributed by atoms with Gasteiger partial charge in [0.05, 0.1) is 7.11 Å². The van der Waals surface area contributed by atoms with Crippen molar-refractivity contribution in [1.82, 2.24) is 10.3 Å². The molecule has 0 aliphatic carbocycles. The predicted octanol–water partition coefficient (Wildman–Crippen LogP) is 3.07. The summed E-state index contributed by atoms with van der Waals surface area (Å²) in [5.74, 6) is 0.888. The number of thiazole rings is 1. The van der Waals surface area contributed by atoms with Gasteiger partial charge in [-0.3, -0.25) is 0 Å². The molecule has 0 saturated heterocycles. The van der Waals surface area contributed by atoms with Gasteiger partial charge in [0, 0.05) is 30.7 Å². The van der Waals surface area contributed by atoms with Crippen LogP contribution in [0, 0.1) is 0 Å². The number of nitrogens with one attached hydrogen (secondary N) is 1. The Morgan fingerprint density at radius 1 is 1.45 bits per heavy atom. The minimum absolute atomic E-state index is 0.339. The number of hydrogen-bond donors (Lipinski definition) is 1. The summed E-state index contributed by atoms with van der Waals surface area (Å²) in [6, 6.07) is 8.47. The van der Waals surface area contributed by atoms with E-state index in [0.717, 1.165) is 17.4 Å². The van der Waals surface area contributed by atoms with E-state index in [0.29, 0.717) is 6.04 Å². The van der Waals surface area contributed by atoms with Crippen molar-refractivity contribution in [2.24, 2.45) is 0 Å². The fraction of sp³-hybridized carbons (Fsp3) is 0.400. The van der Waals surface area contributed by atoms with Crippen molar-refractivity contribution >= 4 is 16.5 Å². The highest BCUT2D eigenvalue weighted by Crippen LogP contribution is 2.27. The molecule has 1 aromatic carbocycles. The van der Waals surface area contributed by atoms with Crippen molar-refractivity contribution in [3.63, 3.8) is 0 Å². The van der Waals surface area contributed by atoms with Gasteiger partial charge >= 0.3 is 0 Å². The van der Waals surface area contributed by atoms with Crippen LogP contribution in [0.4, 0.5) is 5.13 Å². The van der Waals surface area contributed by atoms with E-state index in [1.165, 1.54) is 10.4 Å². The zero-order valence-electron chi connectivity index (χ0n) is 12.4. The summed E-state index contributed by atoms with van der Waals surface area (Å²) in [5, 5.41) is 4.27. The number of methoxy groups -OCH3 is 1. The summed E-state index contributed by atoms with van der Waals surface area (Å²) < 4.78 is 5.25. The average molecular weight is 291 g/mol. The average Bonchev–Trinajstić information content (AvgIpc) is 2.96. The number of aromatic nitrogens is 1. The Bertz CT molecular complexity index is 556. The first kappa shape index (κ1) is 14.8. The van der Waals surface area contributed by atoms with E-state index in [4.69, 9.17) is 4.74 Å². The summed E-state index contributed by atoms with van der Waals surface area (Å²) in [6.45, 7) is 2.96. The van der Waals surface area contributed by atoms with Gasteiger partial charge in [-0.1, -0.05) is 12.1 Å². The Labute approximate surface area is 124 Å². The highest BCUT2D eigenvalue weighted by atomic mass is 32.1. The van der Waals surface area contributed by atoms with Gasteiger partial charge in [0.1, 0.15) is 5.75 Å². The van der Waals surface area contributed by atoms with Crippen LogP contribution in [0.5, 0.6) is 5.75 Å². The molecule has 5 heteroatoms. The van der Waals surface area contributed by atoms with Crippen molar-refractivity contribution < 1.29 is 4.74 Å². The molecule has 0 fully saturated rings. The van der Waals surface area contributed by atoms with Gasteiger partial charge in [-0.2, -0.15) is 0 Å². The Balaban J connectivity index is 2.07. The summed E-state index contributed by atoms with van der Waals surface area (Å²) >= 11 is 1.72. The Kier molecular flexibility index (Phi) is 4.98. The molecule has 0 aliphatic rings. The maximum absolute atomic E-state index is 5.25. The molecule has 1 aromatic heterocycles. The highest BCUT2D eigenvalue weighted by Gasteiger charge is 2.11. The third-order valence-electron chi connectivity index (χ3n) is 3.25. The number of nitrogens with zero attached hydrogens (tertiary/aromatic N) is 2. The van der Waals surface area contributed by atoms with Crippen LogP contribution < -0.4 is 15.0 Å². The van der Waals surface area contributed by atoms with Crippen molar-refractivity contribution in [3.05, 3.63) is 40.9 Å². The smallest absolute Gasteiger partial charge is 0.185 e. The second-order valence-electron chi connectivity index (χ2n) is 4.76. The summed E-state index contributed by atoms with van der Waals surface area (Å²) in [5.41, 5.74) is 1.21. The fourth-order valence-corrected chi connectivity index (χ4v) is 2.84. The molecule has 0 spiro atoms. The van der Waals surface area contributed by atoms with Crippen LogP contribution in [0.25, 0.3) is 0 Å². The molecule has 20 heavy (non-hydrogen) atoms. The molecule has 1 N–H and O–H groups in total. The molecule has 0 aliphatic heterocycles. The van der Waals surface area contributed by atoms with E-state index >= 15 is 0 Å². The molecule has 0 bridgehead atoms. The van der Waals surface area contributed by atoms with Gasteiger partial charge in [-0.25, -0.2) is 4.98 Å². The lowest BCUT2D eigenvalue weighted by Gasteiger charge is -2.16. The summed E-state index contributed by atoms with van der Waals surface area (Å²) in [7, 11) is 5.71. The van der Waals surface area contributed by atoms with Gasteiger partial charge in [-0.05, 0) is 31.7 Å². The van der Waals surface area contributed by atoms with Gasteiger partial charge in [0.15, 0.2) is 5.13 Å². The van der Waals surface area contributed by atoms with Crippen LogP contribution in [-0.2, 0) is 6.54 Å². The van der Waals surface area contributed by atoms with Crippen LogP contribution in [0.1, 0.15) is 23.4 Å². The molecule has 0 saturated carbocycles. The van der Waals surface area contributed by atoms with Crippen LogP contribution >= 0.6 is 11.3 Å². The van der Waals surface area contributed by atoms with Crippen LogP contribution in [0.15, 0.2) is 30.5 Å². The molecule has 0 radical (unpaired) electrons. The van der Waals surface area contributed by atoms with Gasteiger partial charge in [0.2, 0.25) is 0 Å². The monoisotopic (exact) mass is 291 g/mol. The Hall–Kier alpha value is -1.59. The van der Waals surface area contributed by atoms with Crippen LogP contribution in [0.3, 0.4) is 0 Å². The second-order valence-corrected chi connectivity index (χ2v) is 5.80. The first-order valence-corrected chi connectivity index (χ1v) is 7.42. The van der Waals surface area contributed by atoms with Crippen molar-refractivity contribution in [3.8, 4) is 5.75 Å². The van der Waals surface area contributed by atoms with Crippen molar-refractivity contribution in [2.75, 3.05) is 26.1 Å². The summed E-state index contributed by atoms with van der Waals surface area (Å²) in [6.07, 6.45) is 1.95. The second kappa shape index (κ2) is 6.72. The van der Waals surface area contributed by atoms with E-state index in [1.54, 1.807) is 18.4 Å². The number of ether oxygens (including phenoxy) is 1. The van der Waals surface area contributed by atoms with E-state index < -0.39 is 0 Å². The standard InChI is InChI=1S/C15H21N3OS/c1-11(16-2)14-9-17-15(20-14)18(3)10-12-6-5-7-13(8-12)19-4/h5-9,11,16H,10H2,1-4H3. The van der Waals surface area contributed by atoms with Crippen molar-refractivity contribution in [2.45, 2.75) is 19.5 Å². The molecule has 1 atom stereocenters. The molecule has 108 valence electrons. The minimum Gasteiger partial charge on any atom is -0.497 e. The largest absolute Gasteiger partial charge is 0.497 e. The lowest BCUT2D eigenvalue weighted by atomic mass is 10.2. The molecule has 1 unspecified atom stereocenters. The van der Waals surface area contributed by atoms with Crippen LogP contribution in [-0.4, -0.2) is 26.2 Å². The quantitative estimate of drug-likeness (QED) is 0.887. The SMILES string of the molecule is CNC(C)c1cnc(N(C)Cc2cccc(OC)c2)s1. The normalized spacial score (nSPS) is 12.2. The maximum Gasteiger partial charge on any atom is 0.185 e. The molecular formula is C15H21N3OS. The lowest BCUT2D eigenvalue weighted by molar-refractivity contribution is 0.414. The number of benzene rings is 1. The lowest BCUT2D eigenvalue weighted by Crippen LogP contribution is -2.16. The first-order valence-electron chi connectivity index (χ1n) is 6.61. The van der Waals surface area contributed by atoms with E-state index in [-0.39, 0.29) is 0 Å². The van der Waals surface area contributed by atoms with Gasteiger partial charge in [-0.15, -0.1) is 11.3 Å². The first-order chi connectivity index (χ1) is 9.63. The highest BCUT2D eigenvalue weighted by molar-refractivity contribution is 7.15. The fourth-order valence-electron chi connectivity index (χ4n) is 1.91. The van der Waals surface area contributed by atoms with E-state index in [1.807, 2.05) is 25.4 Å². The minimum atomic E-state index is 0.339. The molecule has 2 aromatic rings. The van der Waals surface area contributed by atoms with Gasteiger partial charge in [0.25, 0.3) is 0 Å². The molecule has 1 heterocycles. The third-order valence-corrected chi connectivity index (χ3v) is 4.55. The number of hydrogen-bond acceptors (Lipinski definition) is 5. The number of rotatable bonds is 6. The van der Waals surface area contributed by atoms with E-state index in [2.05, 4.69) is 41.3 Å². The van der Waals surface area contributed by atoms with Crippen LogP contribution in [0.2, 0.25) is 0 Å². The predicted molar refractivity (Wildman–Crippen MR) is 84.7 cm³/mol. The zero-order chi connectivity index (χ0) is 14.5. The Morgan fingerprint density at radius 2 is 2.25 bits per heavy atom. The third kappa shape index (κ3) is 3.49. The Morgan fingerprint density at radius 3 is 2.95 bits per heavy atom. The molecular weight excluding hydrogens is 270 g/mol. The van der Waals surface area contributed by atoms with E-state index in [9.17, 15) is 0 Å². The van der Waals surface area contributed by atoms with Crippen molar-refractivity contribution in [1.29, 1.82) is 0 Å². The maximum atomic E-state index is 5.25. The summed E-state index contributed by atoms with van der Waals surface area (Å²) in [4.78, 5) is 7.91. The van der Waals surface area contributed by atoms with Gasteiger partial charge < -0.3 is 15.0 Å². The molecule has 0 amide bonds. The zero-order valence-corrected chi connectivity index (χ0v) is 13.2. The molecule has 4 nitrogen and oxygen atoms in total. The molecule has 2 rings (SSSR count).